The van der Waals surface area contributed by atoms with Crippen LogP contribution >= 0.6 is 0 Å². The summed E-state index contributed by atoms with van der Waals surface area (Å²) in [5.74, 6) is -2.71. The summed E-state index contributed by atoms with van der Waals surface area (Å²) < 4.78 is 16.3. The van der Waals surface area contributed by atoms with E-state index < -0.39 is 34.1 Å². The lowest BCUT2D eigenvalue weighted by Gasteiger charge is -2.52. The van der Waals surface area contributed by atoms with Crippen LogP contribution in [0.15, 0.2) is 18.2 Å². The molecular formula is C17H18N2O7. The van der Waals surface area contributed by atoms with Crippen molar-refractivity contribution in [3.8, 4) is 0 Å². The molecule has 2 fully saturated rings. The summed E-state index contributed by atoms with van der Waals surface area (Å²) in [5, 5.41) is 11.1. The van der Waals surface area contributed by atoms with E-state index in [-0.39, 0.29) is 18.7 Å². The first-order valence-corrected chi connectivity index (χ1v) is 8.33. The Balaban J connectivity index is 1.86. The van der Waals surface area contributed by atoms with Gasteiger partial charge in [0.05, 0.1) is 24.2 Å². The molecule has 3 aliphatic rings. The summed E-state index contributed by atoms with van der Waals surface area (Å²) in [5.41, 5.74) is -0.382. The van der Waals surface area contributed by atoms with E-state index in [4.69, 9.17) is 14.2 Å². The van der Waals surface area contributed by atoms with Crippen molar-refractivity contribution in [2.24, 2.45) is 5.41 Å². The molecule has 0 aromatic heterocycles. The zero-order chi connectivity index (χ0) is 18.7. The first kappa shape index (κ1) is 16.8. The van der Waals surface area contributed by atoms with Crippen LogP contribution in [0, 0.1) is 15.5 Å². The van der Waals surface area contributed by atoms with Crippen LogP contribution in [0.2, 0.25) is 0 Å². The Morgan fingerprint density at radius 2 is 1.92 bits per heavy atom. The molecule has 9 heteroatoms. The summed E-state index contributed by atoms with van der Waals surface area (Å²) >= 11 is 0. The molecule has 1 aromatic carbocycles. The van der Waals surface area contributed by atoms with Gasteiger partial charge in [0.25, 0.3) is 11.5 Å². The fourth-order valence-electron chi connectivity index (χ4n) is 3.97. The van der Waals surface area contributed by atoms with Crippen molar-refractivity contribution < 1.29 is 28.7 Å². The van der Waals surface area contributed by atoms with Crippen molar-refractivity contribution in [2.45, 2.75) is 32.1 Å². The average molecular weight is 362 g/mol. The predicted octanol–water partition coefficient (Wildman–Crippen LogP) is 1.18. The number of carbonyl (C=O) groups excluding carboxylic acids is 2. The highest BCUT2D eigenvalue weighted by Crippen LogP contribution is 2.48. The number of nitro groups is 1. The zero-order valence-corrected chi connectivity index (χ0v) is 14.4. The number of fused-ring (bicyclic) bond motifs is 4. The number of morpholine rings is 1. The van der Waals surface area contributed by atoms with Crippen molar-refractivity contribution in [3.05, 3.63) is 33.9 Å². The van der Waals surface area contributed by atoms with Gasteiger partial charge in [0.15, 0.2) is 5.41 Å². The molecule has 0 radical (unpaired) electrons. The molecule has 9 nitrogen and oxygen atoms in total. The minimum absolute atomic E-state index is 0.0255. The van der Waals surface area contributed by atoms with Crippen LogP contribution in [-0.4, -0.2) is 48.4 Å². The Morgan fingerprint density at radius 3 is 2.58 bits per heavy atom. The number of cyclic esters (lactones) is 2. The van der Waals surface area contributed by atoms with Gasteiger partial charge >= 0.3 is 11.9 Å². The lowest BCUT2D eigenvalue weighted by Crippen LogP contribution is -2.68. The Labute approximate surface area is 149 Å². The SMILES string of the molecule is CC1(C)OC(=O)C2(Cc3cc([N+](=O)[O-])ccc3N3CCOCC32)C(=O)O1. The molecule has 0 amide bonds. The minimum atomic E-state index is -1.60. The number of ether oxygens (including phenoxy) is 3. The van der Waals surface area contributed by atoms with Gasteiger partial charge in [0.1, 0.15) is 0 Å². The summed E-state index contributed by atoms with van der Waals surface area (Å²) in [6, 6.07) is 3.90. The highest BCUT2D eigenvalue weighted by Gasteiger charge is 2.64. The van der Waals surface area contributed by atoms with Crippen LogP contribution in [0.4, 0.5) is 11.4 Å². The topological polar surface area (TPSA) is 108 Å². The first-order chi connectivity index (χ1) is 12.2. The molecule has 0 aliphatic carbocycles. The number of non-ortho nitro benzene ring substituents is 1. The van der Waals surface area contributed by atoms with Crippen LogP contribution in [0.5, 0.6) is 0 Å². The van der Waals surface area contributed by atoms with Gasteiger partial charge in [0.2, 0.25) is 0 Å². The third-order valence-corrected chi connectivity index (χ3v) is 5.16. The van der Waals surface area contributed by atoms with Gasteiger partial charge in [0, 0.05) is 44.6 Å². The first-order valence-electron chi connectivity index (χ1n) is 8.33. The van der Waals surface area contributed by atoms with E-state index in [9.17, 15) is 19.7 Å². The molecule has 1 atom stereocenters. The minimum Gasteiger partial charge on any atom is -0.422 e. The van der Waals surface area contributed by atoms with Crippen LogP contribution < -0.4 is 4.90 Å². The molecule has 4 rings (SSSR count). The predicted molar refractivity (Wildman–Crippen MR) is 87.4 cm³/mol. The normalized spacial score (nSPS) is 25.8. The highest BCUT2D eigenvalue weighted by atomic mass is 16.7. The number of hydrogen-bond donors (Lipinski definition) is 0. The van der Waals surface area contributed by atoms with Gasteiger partial charge < -0.3 is 19.1 Å². The van der Waals surface area contributed by atoms with E-state index in [1.54, 1.807) is 6.07 Å². The van der Waals surface area contributed by atoms with Crippen molar-refractivity contribution in [1.82, 2.24) is 0 Å². The third kappa shape index (κ3) is 2.27. The van der Waals surface area contributed by atoms with E-state index >= 15 is 0 Å². The van der Waals surface area contributed by atoms with Crippen molar-refractivity contribution >= 4 is 23.3 Å². The van der Waals surface area contributed by atoms with Gasteiger partial charge in [-0.3, -0.25) is 19.7 Å². The molecular weight excluding hydrogens is 344 g/mol. The lowest BCUT2D eigenvalue weighted by molar-refractivity contribution is -0.384. The highest BCUT2D eigenvalue weighted by molar-refractivity contribution is 6.04. The Bertz CT molecular complexity index is 799. The zero-order valence-electron chi connectivity index (χ0n) is 14.4. The van der Waals surface area contributed by atoms with E-state index in [0.717, 1.165) is 5.69 Å². The molecule has 26 heavy (non-hydrogen) atoms. The number of nitro benzene ring substituents is 1. The maximum Gasteiger partial charge on any atom is 0.329 e. The fraction of sp³-hybridized carbons (Fsp3) is 0.529. The largest absolute Gasteiger partial charge is 0.422 e. The standard InChI is InChI=1S/C17H18N2O7/c1-16(2)25-14(20)17(15(21)26-16)8-10-7-11(19(22)23)3-4-12(10)18-5-6-24-9-13(17)18/h3-4,7,13H,5-6,8-9H2,1-2H3. The maximum atomic E-state index is 12.9. The number of anilines is 1. The van der Waals surface area contributed by atoms with Gasteiger partial charge in [-0.05, 0) is 11.6 Å². The number of benzene rings is 1. The number of rotatable bonds is 1. The molecule has 3 heterocycles. The molecule has 3 aliphatic heterocycles. The van der Waals surface area contributed by atoms with E-state index in [0.29, 0.717) is 18.7 Å². The quantitative estimate of drug-likeness (QED) is 0.317. The molecule has 0 saturated carbocycles. The molecule has 1 spiro atoms. The molecule has 2 saturated heterocycles. The smallest absolute Gasteiger partial charge is 0.329 e. The van der Waals surface area contributed by atoms with Gasteiger partial charge in [-0.25, -0.2) is 0 Å². The lowest BCUT2D eigenvalue weighted by atomic mass is 9.70. The summed E-state index contributed by atoms with van der Waals surface area (Å²) in [4.78, 5) is 38.4. The van der Waals surface area contributed by atoms with E-state index in [2.05, 4.69) is 0 Å². The average Bonchev–Trinajstić information content (AvgIpc) is 2.58. The van der Waals surface area contributed by atoms with Crippen molar-refractivity contribution in [3.63, 3.8) is 0 Å². The third-order valence-electron chi connectivity index (χ3n) is 5.16. The summed E-state index contributed by atoms with van der Waals surface area (Å²) in [6.07, 6.45) is -0.0255. The number of esters is 2. The van der Waals surface area contributed by atoms with E-state index in [1.807, 2.05) is 4.90 Å². The Hall–Kier alpha value is -2.68. The Morgan fingerprint density at radius 1 is 1.23 bits per heavy atom. The van der Waals surface area contributed by atoms with Crippen LogP contribution in [0.25, 0.3) is 0 Å². The van der Waals surface area contributed by atoms with Crippen LogP contribution in [-0.2, 0) is 30.2 Å². The fourth-order valence-corrected chi connectivity index (χ4v) is 3.97. The summed E-state index contributed by atoms with van der Waals surface area (Å²) in [7, 11) is 0. The molecule has 0 N–H and O–H groups in total. The van der Waals surface area contributed by atoms with Gasteiger partial charge in [-0.2, -0.15) is 0 Å². The van der Waals surface area contributed by atoms with E-state index in [1.165, 1.54) is 26.0 Å². The summed E-state index contributed by atoms with van der Waals surface area (Å²) in [6.45, 7) is 4.04. The maximum absolute atomic E-state index is 12.9. The Kier molecular flexibility index (Phi) is 3.49. The molecule has 0 bridgehead atoms. The number of carbonyl (C=O) groups is 2. The van der Waals surface area contributed by atoms with Gasteiger partial charge in [-0.15, -0.1) is 0 Å². The van der Waals surface area contributed by atoms with Crippen LogP contribution in [0.3, 0.4) is 0 Å². The van der Waals surface area contributed by atoms with Gasteiger partial charge in [-0.1, -0.05) is 0 Å². The van der Waals surface area contributed by atoms with Crippen LogP contribution in [0.1, 0.15) is 19.4 Å². The van der Waals surface area contributed by atoms with Crippen molar-refractivity contribution in [2.75, 3.05) is 24.7 Å². The monoisotopic (exact) mass is 362 g/mol. The second-order valence-electron chi connectivity index (χ2n) is 7.18. The molecule has 138 valence electrons. The van der Waals surface area contributed by atoms with Crippen molar-refractivity contribution in [1.29, 1.82) is 0 Å². The number of nitrogens with zero attached hydrogens (tertiary/aromatic N) is 2. The second-order valence-corrected chi connectivity index (χ2v) is 7.18. The molecule has 1 unspecified atom stereocenters. The number of hydrogen-bond acceptors (Lipinski definition) is 8. The second kappa shape index (κ2) is 5.41. The molecule has 1 aromatic rings.